The fourth-order valence-corrected chi connectivity index (χ4v) is 4.20. The molecule has 128 valence electrons. The number of carbonyl (C=O) groups excluding carboxylic acids is 1. The van der Waals surface area contributed by atoms with Crippen LogP contribution in [0.4, 0.5) is 0 Å². The topological polar surface area (TPSA) is 89.8 Å². The van der Waals surface area contributed by atoms with E-state index < -0.39 is 0 Å². The largest absolute Gasteiger partial charge is 0.344 e. The Morgan fingerprint density at radius 1 is 1.50 bits per heavy atom. The maximum Gasteiger partial charge on any atom is 0.259 e. The molecule has 0 aliphatic carbocycles. The summed E-state index contributed by atoms with van der Waals surface area (Å²) in [6.45, 7) is 6.16. The Hall–Kier alpha value is -1.85. The molecule has 2 heterocycles. The maximum atomic E-state index is 12.2. The molecule has 8 heteroatoms. The molecule has 0 saturated heterocycles. The minimum atomic E-state index is -0.263. The number of fused-ring (bicyclic) bond motifs is 1. The summed E-state index contributed by atoms with van der Waals surface area (Å²) in [7, 11) is 1.69. The van der Waals surface area contributed by atoms with Crippen molar-refractivity contribution in [3.05, 3.63) is 26.6 Å². The van der Waals surface area contributed by atoms with Gasteiger partial charge in [0, 0.05) is 18.5 Å². The number of aromatic nitrogens is 2. The molecule has 1 atom stereocenters. The van der Waals surface area contributed by atoms with Crippen LogP contribution in [0.15, 0.2) is 4.79 Å². The van der Waals surface area contributed by atoms with E-state index in [0.29, 0.717) is 29.9 Å². The standard InChI is InChI=1S/C16H20N4O2S2/c1-9-10(2)24-15-13(9)14(21)18-12(19-15)8-23-11(3)16(22)20(4)7-5-6-17/h11H,5,7-8H2,1-4H3,(H,18,19,21). The van der Waals surface area contributed by atoms with Gasteiger partial charge in [-0.25, -0.2) is 4.98 Å². The normalized spacial score (nSPS) is 12.1. The monoisotopic (exact) mass is 364 g/mol. The number of hydrogen-bond donors (Lipinski definition) is 1. The van der Waals surface area contributed by atoms with Gasteiger partial charge in [0.15, 0.2) is 0 Å². The van der Waals surface area contributed by atoms with Crippen LogP contribution in [-0.4, -0.2) is 39.6 Å². The van der Waals surface area contributed by atoms with Crippen molar-refractivity contribution in [2.75, 3.05) is 13.6 Å². The summed E-state index contributed by atoms with van der Waals surface area (Å²) in [6.07, 6.45) is 0.322. The first-order valence-corrected chi connectivity index (χ1v) is 9.44. The highest BCUT2D eigenvalue weighted by atomic mass is 32.2. The highest BCUT2D eigenvalue weighted by Gasteiger charge is 2.19. The number of H-pyrrole nitrogens is 1. The van der Waals surface area contributed by atoms with Crippen LogP contribution in [0.25, 0.3) is 10.2 Å². The molecule has 0 saturated carbocycles. The van der Waals surface area contributed by atoms with E-state index in [4.69, 9.17) is 5.26 Å². The zero-order chi connectivity index (χ0) is 17.9. The molecule has 1 N–H and O–H groups in total. The molecule has 0 spiro atoms. The zero-order valence-electron chi connectivity index (χ0n) is 14.2. The highest BCUT2D eigenvalue weighted by Crippen LogP contribution is 2.26. The van der Waals surface area contributed by atoms with Gasteiger partial charge in [0.2, 0.25) is 5.91 Å². The molecule has 0 radical (unpaired) electrons. The minimum Gasteiger partial charge on any atom is -0.344 e. The van der Waals surface area contributed by atoms with Gasteiger partial charge in [-0.1, -0.05) is 0 Å². The Bertz CT molecular complexity index is 850. The predicted octanol–water partition coefficient (Wildman–Crippen LogP) is 2.60. The third-order valence-corrected chi connectivity index (χ3v) is 6.08. The van der Waals surface area contributed by atoms with Gasteiger partial charge >= 0.3 is 0 Å². The van der Waals surface area contributed by atoms with E-state index in [1.54, 1.807) is 11.9 Å². The van der Waals surface area contributed by atoms with Crippen molar-refractivity contribution >= 4 is 39.2 Å². The average molecular weight is 364 g/mol. The molecule has 2 aromatic heterocycles. The smallest absolute Gasteiger partial charge is 0.259 e. The van der Waals surface area contributed by atoms with E-state index in [2.05, 4.69) is 9.97 Å². The zero-order valence-corrected chi connectivity index (χ0v) is 15.8. The van der Waals surface area contributed by atoms with Crippen LogP contribution in [0.1, 0.15) is 29.6 Å². The molecule has 1 unspecified atom stereocenters. The molecule has 0 aliphatic rings. The van der Waals surface area contributed by atoms with E-state index >= 15 is 0 Å². The van der Waals surface area contributed by atoms with Crippen molar-refractivity contribution in [2.24, 2.45) is 0 Å². The van der Waals surface area contributed by atoms with Crippen molar-refractivity contribution < 1.29 is 4.79 Å². The van der Waals surface area contributed by atoms with E-state index in [9.17, 15) is 9.59 Å². The summed E-state index contributed by atoms with van der Waals surface area (Å²) in [5.74, 6) is 1.01. The lowest BCUT2D eigenvalue weighted by Crippen LogP contribution is -2.34. The van der Waals surface area contributed by atoms with Gasteiger partial charge in [-0.3, -0.25) is 9.59 Å². The second-order valence-electron chi connectivity index (χ2n) is 5.60. The lowest BCUT2D eigenvalue weighted by atomic mass is 10.2. The van der Waals surface area contributed by atoms with Gasteiger partial charge in [-0.05, 0) is 26.3 Å². The first kappa shape index (κ1) is 18.5. The van der Waals surface area contributed by atoms with Crippen LogP contribution in [0.5, 0.6) is 0 Å². The molecule has 0 aliphatic heterocycles. The Morgan fingerprint density at radius 2 is 2.21 bits per heavy atom. The summed E-state index contributed by atoms with van der Waals surface area (Å²) < 4.78 is 0. The number of aromatic amines is 1. The van der Waals surface area contributed by atoms with E-state index in [-0.39, 0.29) is 16.7 Å². The summed E-state index contributed by atoms with van der Waals surface area (Å²) >= 11 is 2.94. The molecule has 2 rings (SSSR count). The second-order valence-corrected chi connectivity index (χ2v) is 8.13. The van der Waals surface area contributed by atoms with Crippen molar-refractivity contribution in [3.63, 3.8) is 0 Å². The number of nitrogens with one attached hydrogen (secondary N) is 1. The SMILES string of the molecule is Cc1sc2nc(CSC(C)C(=O)N(C)CCC#N)[nH]c(=O)c2c1C. The molecular formula is C16H20N4O2S2. The average Bonchev–Trinajstić information content (AvgIpc) is 2.84. The Balaban J connectivity index is 2.07. The van der Waals surface area contributed by atoms with Gasteiger partial charge in [-0.2, -0.15) is 5.26 Å². The van der Waals surface area contributed by atoms with Crippen LogP contribution in [0.2, 0.25) is 0 Å². The van der Waals surface area contributed by atoms with Crippen molar-refractivity contribution in [1.29, 1.82) is 5.26 Å². The van der Waals surface area contributed by atoms with Crippen LogP contribution in [0.3, 0.4) is 0 Å². The lowest BCUT2D eigenvalue weighted by molar-refractivity contribution is -0.128. The lowest BCUT2D eigenvalue weighted by Gasteiger charge is -2.19. The van der Waals surface area contributed by atoms with E-state index in [0.717, 1.165) is 15.3 Å². The number of thiophene rings is 1. The first-order chi connectivity index (χ1) is 11.3. The number of amides is 1. The summed E-state index contributed by atoms with van der Waals surface area (Å²) in [5.41, 5.74) is 0.855. The van der Waals surface area contributed by atoms with Crippen molar-refractivity contribution in [3.8, 4) is 6.07 Å². The number of carbonyl (C=O) groups is 1. The van der Waals surface area contributed by atoms with Gasteiger partial charge in [0.1, 0.15) is 10.7 Å². The van der Waals surface area contributed by atoms with E-state index in [1.165, 1.54) is 23.1 Å². The van der Waals surface area contributed by atoms with Crippen LogP contribution in [-0.2, 0) is 10.5 Å². The number of nitrogens with zero attached hydrogens (tertiary/aromatic N) is 3. The Morgan fingerprint density at radius 3 is 2.88 bits per heavy atom. The molecule has 1 amide bonds. The quantitative estimate of drug-likeness (QED) is 0.851. The highest BCUT2D eigenvalue weighted by molar-refractivity contribution is 7.99. The molecule has 6 nitrogen and oxygen atoms in total. The van der Waals surface area contributed by atoms with Crippen LogP contribution >= 0.6 is 23.1 Å². The van der Waals surface area contributed by atoms with Gasteiger partial charge in [0.05, 0.1) is 28.9 Å². The number of nitriles is 1. The molecule has 24 heavy (non-hydrogen) atoms. The summed E-state index contributed by atoms with van der Waals surface area (Å²) in [4.78, 5) is 35.2. The summed E-state index contributed by atoms with van der Waals surface area (Å²) in [5, 5.41) is 8.98. The van der Waals surface area contributed by atoms with Gasteiger partial charge in [0.25, 0.3) is 5.56 Å². The Labute approximate surface area is 148 Å². The van der Waals surface area contributed by atoms with Crippen LogP contribution < -0.4 is 5.56 Å². The molecule has 0 fully saturated rings. The number of thioether (sulfide) groups is 1. The minimum absolute atomic E-state index is 0.0264. The molecule has 0 aromatic carbocycles. The predicted molar refractivity (Wildman–Crippen MR) is 98.3 cm³/mol. The third-order valence-electron chi connectivity index (χ3n) is 3.84. The van der Waals surface area contributed by atoms with E-state index in [1.807, 2.05) is 26.8 Å². The summed E-state index contributed by atoms with van der Waals surface area (Å²) in [6, 6.07) is 2.03. The molecular weight excluding hydrogens is 344 g/mol. The molecule has 0 bridgehead atoms. The van der Waals surface area contributed by atoms with Gasteiger partial charge < -0.3 is 9.88 Å². The first-order valence-electron chi connectivity index (χ1n) is 7.57. The van der Waals surface area contributed by atoms with Gasteiger partial charge in [-0.15, -0.1) is 23.1 Å². The van der Waals surface area contributed by atoms with Crippen molar-refractivity contribution in [1.82, 2.24) is 14.9 Å². The third kappa shape index (κ3) is 3.97. The van der Waals surface area contributed by atoms with Crippen molar-refractivity contribution in [2.45, 2.75) is 38.2 Å². The number of hydrogen-bond acceptors (Lipinski definition) is 6. The maximum absolute atomic E-state index is 12.2. The number of rotatable bonds is 6. The second kappa shape index (κ2) is 7.81. The Kier molecular flexibility index (Phi) is 6.02. The fraction of sp³-hybridized carbons (Fsp3) is 0.500. The fourth-order valence-electron chi connectivity index (χ4n) is 2.28. The number of aryl methyl sites for hydroxylation is 2. The van der Waals surface area contributed by atoms with Crippen LogP contribution in [0, 0.1) is 25.2 Å². The molecule has 2 aromatic rings.